The van der Waals surface area contributed by atoms with Crippen LogP contribution in [-0.4, -0.2) is 17.1 Å². The fourth-order valence-corrected chi connectivity index (χ4v) is 8.71. The van der Waals surface area contributed by atoms with Crippen LogP contribution in [0, 0.1) is 46.3 Å². The molecule has 0 aromatic rings. The molecule has 0 aromatic heterocycles. The molecule has 4 aliphatic carbocycles. The van der Waals surface area contributed by atoms with E-state index in [1.165, 1.54) is 56.9 Å². The van der Waals surface area contributed by atoms with Crippen molar-refractivity contribution >= 4 is 5.71 Å². The Balaban J connectivity index is 1.51. The fourth-order valence-electron chi connectivity index (χ4n) is 8.71. The van der Waals surface area contributed by atoms with Gasteiger partial charge in [-0.3, -0.25) is 0 Å². The molecular formula is C27H44FNO. The second-order valence-electron chi connectivity index (χ2n) is 12.2. The Bertz CT molecular complexity index is 699. The van der Waals surface area contributed by atoms with Gasteiger partial charge in [-0.15, -0.1) is 0 Å². The third-order valence-electron chi connectivity index (χ3n) is 10.3. The van der Waals surface area contributed by atoms with Crippen molar-refractivity contribution in [2.24, 2.45) is 51.5 Å². The molecule has 3 heteroatoms. The van der Waals surface area contributed by atoms with Gasteiger partial charge in [-0.1, -0.05) is 64.6 Å². The van der Waals surface area contributed by atoms with Gasteiger partial charge in [0.15, 0.2) is 0 Å². The highest BCUT2D eigenvalue weighted by molar-refractivity contribution is 5.99. The zero-order valence-electron chi connectivity index (χ0n) is 20.0. The predicted molar refractivity (Wildman–Crippen MR) is 123 cm³/mol. The number of rotatable bonds is 5. The molecule has 8 atom stereocenters. The van der Waals surface area contributed by atoms with Crippen molar-refractivity contribution in [3.05, 3.63) is 11.6 Å². The van der Waals surface area contributed by atoms with Crippen LogP contribution in [0.15, 0.2) is 16.8 Å². The number of allylic oxidation sites excluding steroid dienone is 2. The van der Waals surface area contributed by atoms with Crippen molar-refractivity contribution in [3.8, 4) is 0 Å². The number of oxime groups is 1. The number of hydrogen-bond acceptors (Lipinski definition) is 2. The van der Waals surface area contributed by atoms with Crippen LogP contribution in [0.3, 0.4) is 0 Å². The monoisotopic (exact) mass is 417 g/mol. The molecule has 1 N–H and O–H groups in total. The minimum absolute atomic E-state index is 0.0428. The van der Waals surface area contributed by atoms with Crippen LogP contribution < -0.4 is 0 Å². The second kappa shape index (κ2) is 8.24. The summed E-state index contributed by atoms with van der Waals surface area (Å²) in [5.74, 6) is 4.68. The van der Waals surface area contributed by atoms with Gasteiger partial charge in [-0.25, -0.2) is 4.39 Å². The summed E-state index contributed by atoms with van der Waals surface area (Å²) in [7, 11) is 0. The Morgan fingerprint density at radius 3 is 2.57 bits per heavy atom. The third kappa shape index (κ3) is 3.56. The molecule has 4 rings (SSSR count). The molecule has 3 saturated carbocycles. The number of fused-ring (bicyclic) bond motifs is 5. The van der Waals surface area contributed by atoms with Crippen LogP contribution in [0.4, 0.5) is 4.39 Å². The van der Waals surface area contributed by atoms with Gasteiger partial charge in [0.2, 0.25) is 0 Å². The highest BCUT2D eigenvalue weighted by atomic mass is 19.1. The Morgan fingerprint density at radius 1 is 1.10 bits per heavy atom. The van der Waals surface area contributed by atoms with Crippen molar-refractivity contribution in [2.75, 3.05) is 0 Å². The zero-order valence-corrected chi connectivity index (χ0v) is 20.0. The Labute approximate surface area is 183 Å². The van der Waals surface area contributed by atoms with Crippen LogP contribution in [-0.2, 0) is 0 Å². The summed E-state index contributed by atoms with van der Waals surface area (Å²) in [6.45, 7) is 12.1. The van der Waals surface area contributed by atoms with Crippen molar-refractivity contribution in [2.45, 2.75) is 105 Å². The minimum atomic E-state index is -1.12. The molecule has 0 aliphatic heterocycles. The average Bonchev–Trinajstić information content (AvgIpc) is 3.04. The molecule has 4 aliphatic rings. The summed E-state index contributed by atoms with van der Waals surface area (Å²) in [6, 6.07) is 0. The van der Waals surface area contributed by atoms with Gasteiger partial charge in [0.1, 0.15) is 11.9 Å². The lowest BCUT2D eigenvalue weighted by Crippen LogP contribution is -2.52. The maximum atomic E-state index is 14.8. The fraction of sp³-hybridized carbons (Fsp3) is 0.889. The molecular weight excluding hydrogens is 373 g/mol. The first-order valence-corrected chi connectivity index (χ1v) is 12.8. The van der Waals surface area contributed by atoms with E-state index >= 15 is 0 Å². The van der Waals surface area contributed by atoms with Crippen LogP contribution in [0.5, 0.6) is 0 Å². The van der Waals surface area contributed by atoms with E-state index in [4.69, 9.17) is 0 Å². The van der Waals surface area contributed by atoms with E-state index in [1.54, 1.807) is 0 Å². The van der Waals surface area contributed by atoms with E-state index in [1.807, 2.05) is 6.08 Å². The summed E-state index contributed by atoms with van der Waals surface area (Å²) in [4.78, 5) is 0. The molecule has 0 spiro atoms. The summed E-state index contributed by atoms with van der Waals surface area (Å²) in [5.41, 5.74) is 2.04. The van der Waals surface area contributed by atoms with Gasteiger partial charge in [0, 0.05) is 0 Å². The van der Waals surface area contributed by atoms with Crippen molar-refractivity contribution in [3.63, 3.8) is 0 Å². The Morgan fingerprint density at radius 2 is 1.87 bits per heavy atom. The van der Waals surface area contributed by atoms with Crippen molar-refractivity contribution in [1.29, 1.82) is 0 Å². The van der Waals surface area contributed by atoms with Crippen LogP contribution in [0.1, 0.15) is 98.8 Å². The molecule has 0 saturated heterocycles. The maximum Gasteiger partial charge on any atom is 0.146 e. The maximum absolute atomic E-state index is 14.8. The van der Waals surface area contributed by atoms with E-state index in [2.05, 4.69) is 39.8 Å². The lowest BCUT2D eigenvalue weighted by Gasteiger charge is -2.59. The van der Waals surface area contributed by atoms with Gasteiger partial charge in [-0.05, 0) is 97.4 Å². The normalized spacial score (nSPS) is 45.6. The van der Waals surface area contributed by atoms with E-state index in [9.17, 15) is 9.60 Å². The number of hydrogen-bond donors (Lipinski definition) is 1. The second-order valence-corrected chi connectivity index (χ2v) is 12.2. The van der Waals surface area contributed by atoms with Gasteiger partial charge in [0.25, 0.3) is 0 Å². The SMILES string of the molecule is CC(C)CCC[C@@H](C)[C@H]1CC[C@H]2[C@@H]3CCC4=C/C(=N\O)[C@H](F)C[C@]4(C)[C@H]3CC[C@]12C. The van der Waals surface area contributed by atoms with Crippen molar-refractivity contribution in [1.82, 2.24) is 0 Å². The summed E-state index contributed by atoms with van der Waals surface area (Å²) >= 11 is 0. The van der Waals surface area contributed by atoms with Crippen LogP contribution >= 0.6 is 0 Å². The standard InChI is InChI=1S/C27H44FNO/c1-17(2)7-6-8-18(3)21-11-12-22-20-10-9-19-15-25(29-30)24(28)16-27(19,5)23(20)13-14-26(21,22)4/h15,17-18,20-24,30H,6-14,16H2,1-5H3/b29-25+/t18-,20+,21-,22+,23+,24-,26-,27+/m1/s1. The average molecular weight is 418 g/mol. The van der Waals surface area contributed by atoms with Crippen LogP contribution in [0.25, 0.3) is 0 Å². The first kappa shape index (κ1) is 22.3. The lowest BCUT2D eigenvalue weighted by molar-refractivity contribution is -0.0610. The summed E-state index contributed by atoms with van der Waals surface area (Å²) in [5, 5.41) is 12.5. The molecule has 0 unspecified atom stereocenters. The number of halogens is 1. The molecule has 0 heterocycles. The predicted octanol–water partition coefficient (Wildman–Crippen LogP) is 7.81. The highest BCUT2D eigenvalue weighted by Crippen LogP contribution is 2.67. The van der Waals surface area contributed by atoms with Gasteiger partial charge >= 0.3 is 0 Å². The molecule has 3 fully saturated rings. The quantitative estimate of drug-likeness (QED) is 0.359. The van der Waals surface area contributed by atoms with E-state index in [-0.39, 0.29) is 11.1 Å². The van der Waals surface area contributed by atoms with E-state index < -0.39 is 6.17 Å². The molecule has 30 heavy (non-hydrogen) atoms. The first-order chi connectivity index (χ1) is 14.2. The lowest BCUT2D eigenvalue weighted by atomic mass is 9.46. The largest absolute Gasteiger partial charge is 0.411 e. The summed E-state index contributed by atoms with van der Waals surface area (Å²) < 4.78 is 14.8. The minimum Gasteiger partial charge on any atom is -0.411 e. The molecule has 0 amide bonds. The number of alkyl halides is 1. The third-order valence-corrected chi connectivity index (χ3v) is 10.3. The topological polar surface area (TPSA) is 32.6 Å². The Hall–Kier alpha value is -0.860. The molecule has 0 radical (unpaired) electrons. The van der Waals surface area contributed by atoms with Gasteiger partial charge in [-0.2, -0.15) is 0 Å². The van der Waals surface area contributed by atoms with Gasteiger partial charge < -0.3 is 5.21 Å². The molecule has 2 nitrogen and oxygen atoms in total. The zero-order chi connectivity index (χ0) is 21.7. The smallest absolute Gasteiger partial charge is 0.146 e. The van der Waals surface area contributed by atoms with E-state index in [0.717, 1.165) is 36.0 Å². The highest BCUT2D eigenvalue weighted by Gasteiger charge is 2.60. The first-order valence-electron chi connectivity index (χ1n) is 12.8. The molecule has 0 bridgehead atoms. The van der Waals surface area contributed by atoms with E-state index in [0.29, 0.717) is 17.8 Å². The summed E-state index contributed by atoms with van der Waals surface area (Å²) in [6.07, 6.45) is 13.1. The number of nitrogens with zero attached hydrogens (tertiary/aromatic N) is 1. The molecule has 0 aromatic carbocycles. The van der Waals surface area contributed by atoms with Crippen LogP contribution in [0.2, 0.25) is 0 Å². The van der Waals surface area contributed by atoms with Gasteiger partial charge in [0.05, 0.1) is 0 Å². The Kier molecular flexibility index (Phi) is 6.14. The molecule has 170 valence electrons. The van der Waals surface area contributed by atoms with Crippen molar-refractivity contribution < 1.29 is 9.60 Å².